The van der Waals surface area contributed by atoms with E-state index in [-0.39, 0.29) is 0 Å². The molecule has 0 aliphatic rings. The van der Waals surface area contributed by atoms with E-state index in [2.05, 4.69) is 0 Å². The molecule has 0 fully saturated rings. The lowest BCUT2D eigenvalue weighted by Crippen LogP contribution is -2.14. The van der Waals surface area contributed by atoms with Crippen molar-refractivity contribution in [3.63, 3.8) is 0 Å². The number of hydrogen-bond donors (Lipinski definition) is 0. The van der Waals surface area contributed by atoms with Crippen molar-refractivity contribution < 1.29 is 19.4 Å². The average molecular weight is 298 g/mol. The monoisotopic (exact) mass is 298 g/mol. The second kappa shape index (κ2) is 7.41. The Morgan fingerprint density at radius 3 is 1.45 bits per heavy atom. The van der Waals surface area contributed by atoms with Gasteiger partial charge in [-0.25, -0.2) is 19.4 Å². The van der Waals surface area contributed by atoms with Crippen LogP contribution in [0.4, 0.5) is 0 Å². The van der Waals surface area contributed by atoms with E-state index in [0.717, 1.165) is 11.1 Å². The molecule has 114 valence electrons. The van der Waals surface area contributed by atoms with Gasteiger partial charge < -0.3 is 0 Å². The third-order valence-electron chi connectivity index (χ3n) is 3.43. The van der Waals surface area contributed by atoms with E-state index in [4.69, 9.17) is 9.78 Å². The fraction of sp³-hybridized carbons (Fsp3) is 0.222. The summed E-state index contributed by atoms with van der Waals surface area (Å²) in [6.07, 6.45) is 1.38. The molecule has 0 spiro atoms. The van der Waals surface area contributed by atoms with Crippen molar-refractivity contribution in [3.05, 3.63) is 70.8 Å². The van der Waals surface area contributed by atoms with Crippen molar-refractivity contribution in [2.24, 2.45) is 0 Å². The zero-order valence-electron chi connectivity index (χ0n) is 12.7. The van der Waals surface area contributed by atoms with Crippen molar-refractivity contribution >= 4 is 11.9 Å². The molecule has 0 aromatic heterocycles. The topological polar surface area (TPSA) is 52.6 Å². The van der Waals surface area contributed by atoms with Gasteiger partial charge in [0.25, 0.3) is 0 Å². The number of rotatable bonds is 4. The zero-order valence-corrected chi connectivity index (χ0v) is 12.7. The maximum Gasteiger partial charge on any atom is 0.386 e. The minimum Gasteiger partial charge on any atom is -0.241 e. The third kappa shape index (κ3) is 3.52. The second-order valence-electron chi connectivity index (χ2n) is 4.76. The van der Waals surface area contributed by atoms with Crippen LogP contribution in [0.1, 0.15) is 45.7 Å². The summed E-state index contributed by atoms with van der Waals surface area (Å²) < 4.78 is 0. The minimum absolute atomic E-state index is 0.404. The van der Waals surface area contributed by atoms with Crippen LogP contribution >= 0.6 is 0 Å². The van der Waals surface area contributed by atoms with Crippen LogP contribution in [0.3, 0.4) is 0 Å². The van der Waals surface area contributed by atoms with E-state index in [1.54, 1.807) is 24.3 Å². The molecule has 2 aromatic carbocycles. The maximum atomic E-state index is 12.0. The molecule has 22 heavy (non-hydrogen) atoms. The number of carbonyl (C=O) groups is 2. The molecule has 0 aliphatic heterocycles. The van der Waals surface area contributed by atoms with E-state index in [9.17, 15) is 9.59 Å². The molecular formula is C18H18O4. The first kappa shape index (κ1) is 15.8. The lowest BCUT2D eigenvalue weighted by molar-refractivity contribution is -0.187. The molecule has 4 heteroatoms. The molecular weight excluding hydrogens is 280 g/mol. The van der Waals surface area contributed by atoms with Gasteiger partial charge in [0, 0.05) is 0 Å². The molecule has 0 saturated carbocycles. The largest absolute Gasteiger partial charge is 0.386 e. The van der Waals surface area contributed by atoms with E-state index in [1.807, 2.05) is 38.1 Å². The van der Waals surface area contributed by atoms with Gasteiger partial charge in [-0.1, -0.05) is 50.2 Å². The zero-order chi connectivity index (χ0) is 15.9. The van der Waals surface area contributed by atoms with Gasteiger partial charge in [0.1, 0.15) is 0 Å². The Kier molecular flexibility index (Phi) is 5.31. The molecule has 0 atom stereocenters. The summed E-state index contributed by atoms with van der Waals surface area (Å²) in [7, 11) is 0. The summed E-state index contributed by atoms with van der Waals surface area (Å²) in [4.78, 5) is 33.4. The summed E-state index contributed by atoms with van der Waals surface area (Å²) in [5.41, 5.74) is 2.50. The van der Waals surface area contributed by atoms with Crippen LogP contribution in [0.2, 0.25) is 0 Å². The maximum absolute atomic E-state index is 12.0. The first-order valence-corrected chi connectivity index (χ1v) is 7.26. The first-order chi connectivity index (χ1) is 10.7. The number of hydrogen-bond acceptors (Lipinski definition) is 4. The highest BCUT2D eigenvalue weighted by atomic mass is 17.2. The molecule has 0 aliphatic carbocycles. The quantitative estimate of drug-likeness (QED) is 0.637. The fourth-order valence-electron chi connectivity index (χ4n) is 2.22. The normalized spacial score (nSPS) is 10.1. The summed E-state index contributed by atoms with van der Waals surface area (Å²) in [6, 6.07) is 14.1. The van der Waals surface area contributed by atoms with Gasteiger partial charge in [-0.05, 0) is 36.1 Å². The van der Waals surface area contributed by atoms with Crippen molar-refractivity contribution in [1.29, 1.82) is 0 Å². The molecule has 4 nitrogen and oxygen atoms in total. The molecule has 2 aromatic rings. The summed E-state index contributed by atoms with van der Waals surface area (Å²) in [5.74, 6) is -1.33. The highest BCUT2D eigenvalue weighted by Crippen LogP contribution is 2.14. The smallest absolute Gasteiger partial charge is 0.241 e. The highest BCUT2D eigenvalue weighted by Gasteiger charge is 2.17. The molecule has 0 bridgehead atoms. The molecule has 0 unspecified atom stereocenters. The number of aryl methyl sites for hydroxylation is 2. The van der Waals surface area contributed by atoms with Gasteiger partial charge >= 0.3 is 11.9 Å². The Morgan fingerprint density at radius 1 is 0.727 bits per heavy atom. The second-order valence-corrected chi connectivity index (χ2v) is 4.76. The Labute approximate surface area is 129 Å². The molecule has 0 radical (unpaired) electrons. The van der Waals surface area contributed by atoms with Crippen LogP contribution in [0.15, 0.2) is 48.5 Å². The van der Waals surface area contributed by atoms with Crippen LogP contribution in [-0.4, -0.2) is 11.9 Å². The van der Waals surface area contributed by atoms with Crippen molar-refractivity contribution in [3.8, 4) is 0 Å². The first-order valence-electron chi connectivity index (χ1n) is 7.26. The molecule has 2 rings (SSSR count). The van der Waals surface area contributed by atoms with Crippen molar-refractivity contribution in [1.82, 2.24) is 0 Å². The van der Waals surface area contributed by atoms with E-state index >= 15 is 0 Å². The predicted octanol–water partition coefficient (Wildman–Crippen LogP) is 3.74. The van der Waals surface area contributed by atoms with Crippen molar-refractivity contribution in [2.45, 2.75) is 26.7 Å². The Bertz CT molecular complexity index is 617. The molecule has 0 amide bonds. The van der Waals surface area contributed by atoms with Crippen LogP contribution in [-0.2, 0) is 22.6 Å². The standard InChI is InChI=1S/C18H18O4/c1-3-13-9-5-7-11-15(13)17(19)21-22-18(20)16-12-8-6-10-14(16)4-2/h5-12H,3-4H2,1-2H3. The highest BCUT2D eigenvalue weighted by molar-refractivity contribution is 5.93. The van der Waals surface area contributed by atoms with Gasteiger partial charge in [0.2, 0.25) is 0 Å². The van der Waals surface area contributed by atoms with Crippen LogP contribution < -0.4 is 0 Å². The minimum atomic E-state index is -0.667. The lowest BCUT2D eigenvalue weighted by atomic mass is 10.1. The number of benzene rings is 2. The SMILES string of the molecule is CCc1ccccc1C(=O)OOC(=O)c1ccccc1CC. The Balaban J connectivity index is 2.06. The summed E-state index contributed by atoms with van der Waals surface area (Å²) in [5, 5.41) is 0. The Morgan fingerprint density at radius 2 is 1.09 bits per heavy atom. The van der Waals surface area contributed by atoms with Gasteiger partial charge in [-0.15, -0.1) is 0 Å². The average Bonchev–Trinajstić information content (AvgIpc) is 2.59. The lowest BCUT2D eigenvalue weighted by Gasteiger charge is -2.08. The van der Waals surface area contributed by atoms with Crippen LogP contribution in [0.25, 0.3) is 0 Å². The number of carbonyl (C=O) groups excluding carboxylic acids is 2. The van der Waals surface area contributed by atoms with Gasteiger partial charge in [-0.3, -0.25) is 0 Å². The van der Waals surface area contributed by atoms with Crippen molar-refractivity contribution in [2.75, 3.05) is 0 Å². The molecule has 0 heterocycles. The molecule has 0 N–H and O–H groups in total. The predicted molar refractivity (Wildman–Crippen MR) is 82.5 cm³/mol. The third-order valence-corrected chi connectivity index (χ3v) is 3.43. The summed E-state index contributed by atoms with van der Waals surface area (Å²) in [6.45, 7) is 3.88. The van der Waals surface area contributed by atoms with Gasteiger partial charge in [0.15, 0.2) is 0 Å². The Hall–Kier alpha value is -2.62. The van der Waals surface area contributed by atoms with Crippen LogP contribution in [0.5, 0.6) is 0 Å². The van der Waals surface area contributed by atoms with Gasteiger partial charge in [-0.2, -0.15) is 0 Å². The van der Waals surface area contributed by atoms with Gasteiger partial charge in [0.05, 0.1) is 11.1 Å². The molecule has 0 saturated heterocycles. The van der Waals surface area contributed by atoms with E-state index in [0.29, 0.717) is 24.0 Å². The van der Waals surface area contributed by atoms with Crippen LogP contribution in [0, 0.1) is 0 Å². The van der Waals surface area contributed by atoms with E-state index < -0.39 is 11.9 Å². The van der Waals surface area contributed by atoms with E-state index in [1.165, 1.54) is 0 Å². The summed E-state index contributed by atoms with van der Waals surface area (Å²) >= 11 is 0. The fourth-order valence-corrected chi connectivity index (χ4v) is 2.22.